The number of ether oxygens (including phenoxy) is 2. The largest absolute Gasteiger partial charge is 0.463 e. The zero-order chi connectivity index (χ0) is 30.5. The fraction of sp³-hybridized carbons (Fsp3) is 0.812. The number of halogens is 12. The van der Waals surface area contributed by atoms with Crippen molar-refractivity contribution in [3.63, 3.8) is 0 Å². The van der Waals surface area contributed by atoms with Gasteiger partial charge in [-0.1, -0.05) is 0 Å². The van der Waals surface area contributed by atoms with Crippen molar-refractivity contribution in [1.29, 1.82) is 0 Å². The van der Waals surface area contributed by atoms with Gasteiger partial charge in [0.2, 0.25) is 5.91 Å². The predicted octanol–water partition coefficient (Wildman–Crippen LogP) is 0.117. The number of esters is 2. The molecule has 22 heteroatoms. The fourth-order valence-corrected chi connectivity index (χ4v) is 2.16. The number of alkyl halides is 12. The Balaban J connectivity index is 5.94. The molecule has 10 nitrogen and oxygen atoms in total. The highest BCUT2D eigenvalue weighted by molar-refractivity contribution is 5.82. The number of amides is 1. The van der Waals surface area contributed by atoms with Gasteiger partial charge in [-0.05, 0) is 0 Å². The molecule has 0 aromatic carbocycles. The SMILES string of the molecule is O=C(NCC(COC(=O)C(O)(C(F)(F)F)C(F)(F)F)COC(=O)C(O)(C(F)(F)F)C(F)(F)F)C(CO)CO. The summed E-state index contributed by atoms with van der Waals surface area (Å²) in [4.78, 5) is 34.6. The second kappa shape index (κ2) is 12.1. The molecule has 0 radical (unpaired) electrons. The maximum absolute atomic E-state index is 12.7. The summed E-state index contributed by atoms with van der Waals surface area (Å²) in [6, 6.07) is 0. The van der Waals surface area contributed by atoms with E-state index in [1.165, 1.54) is 0 Å². The van der Waals surface area contributed by atoms with Gasteiger partial charge in [-0.2, -0.15) is 52.7 Å². The number of hydrogen-bond donors (Lipinski definition) is 5. The van der Waals surface area contributed by atoms with E-state index >= 15 is 0 Å². The molecule has 0 aromatic rings. The molecular weight excluding hydrogens is 578 g/mol. The quantitative estimate of drug-likeness (QED) is 0.165. The normalized spacial score (nSPS) is 14.1. The molecule has 38 heavy (non-hydrogen) atoms. The van der Waals surface area contributed by atoms with Crippen LogP contribution in [0.2, 0.25) is 0 Å². The Morgan fingerprint density at radius 3 is 1.16 bits per heavy atom. The monoisotopic (exact) mass is 595 g/mol. The van der Waals surface area contributed by atoms with Crippen LogP contribution in [0.1, 0.15) is 0 Å². The third-order valence-electron chi connectivity index (χ3n) is 4.51. The zero-order valence-corrected chi connectivity index (χ0v) is 18.1. The first-order valence-electron chi connectivity index (χ1n) is 9.38. The highest BCUT2D eigenvalue weighted by atomic mass is 19.4. The minimum absolute atomic E-state index is 1.06. The average molecular weight is 595 g/mol. The van der Waals surface area contributed by atoms with Crippen molar-refractivity contribution < 1.29 is 97.0 Å². The molecule has 0 fully saturated rings. The molecule has 0 aliphatic rings. The molecule has 0 unspecified atom stereocenters. The van der Waals surface area contributed by atoms with E-state index in [0.29, 0.717) is 0 Å². The lowest BCUT2D eigenvalue weighted by Crippen LogP contribution is -2.63. The van der Waals surface area contributed by atoms with Crippen LogP contribution in [0.15, 0.2) is 0 Å². The van der Waals surface area contributed by atoms with Gasteiger partial charge in [-0.25, -0.2) is 9.59 Å². The first-order valence-corrected chi connectivity index (χ1v) is 9.38. The van der Waals surface area contributed by atoms with Crippen molar-refractivity contribution in [1.82, 2.24) is 5.32 Å². The molecule has 0 aromatic heterocycles. The molecule has 1 amide bonds. The van der Waals surface area contributed by atoms with Crippen LogP contribution >= 0.6 is 0 Å². The molecule has 0 heterocycles. The number of carbonyl (C=O) groups is 3. The maximum atomic E-state index is 12.7. The number of carbonyl (C=O) groups excluding carboxylic acids is 3. The molecule has 0 aliphatic carbocycles. The minimum Gasteiger partial charge on any atom is -0.463 e. The molecule has 0 atom stereocenters. The van der Waals surface area contributed by atoms with Gasteiger partial charge >= 0.3 is 47.8 Å². The summed E-state index contributed by atoms with van der Waals surface area (Å²) in [5.41, 5.74) is -12.3. The van der Waals surface area contributed by atoms with Gasteiger partial charge in [-0.3, -0.25) is 4.79 Å². The van der Waals surface area contributed by atoms with Crippen LogP contribution in [0.3, 0.4) is 0 Å². The second-order valence-electron chi connectivity index (χ2n) is 7.28. The first kappa shape index (κ1) is 35.4. The topological polar surface area (TPSA) is 163 Å². The molecular formula is C16H17F12NO9. The first-order chi connectivity index (χ1) is 16.8. The molecule has 0 rings (SSSR count). The third kappa shape index (κ3) is 7.50. The van der Waals surface area contributed by atoms with E-state index < -0.39 is 98.6 Å². The Labute approximate surface area is 202 Å². The van der Waals surface area contributed by atoms with Gasteiger partial charge in [0.1, 0.15) is 0 Å². The van der Waals surface area contributed by atoms with Crippen LogP contribution in [0.5, 0.6) is 0 Å². The van der Waals surface area contributed by atoms with Crippen LogP contribution in [0.25, 0.3) is 0 Å². The summed E-state index contributed by atoms with van der Waals surface area (Å²) in [7, 11) is 0. The van der Waals surface area contributed by atoms with Crippen LogP contribution in [0.4, 0.5) is 52.7 Å². The van der Waals surface area contributed by atoms with Gasteiger partial charge in [0.05, 0.1) is 32.3 Å². The van der Waals surface area contributed by atoms with E-state index in [0.717, 1.165) is 0 Å². The lowest BCUT2D eigenvalue weighted by atomic mass is 10.0. The van der Waals surface area contributed by atoms with Gasteiger partial charge in [0.25, 0.3) is 0 Å². The van der Waals surface area contributed by atoms with E-state index in [-0.39, 0.29) is 0 Å². The van der Waals surface area contributed by atoms with Gasteiger partial charge in [0, 0.05) is 12.5 Å². The average Bonchev–Trinajstić information content (AvgIpc) is 2.74. The number of hydrogen-bond acceptors (Lipinski definition) is 9. The van der Waals surface area contributed by atoms with Crippen molar-refractivity contribution in [2.75, 3.05) is 33.0 Å². The lowest BCUT2D eigenvalue weighted by molar-refractivity contribution is -0.357. The Hall–Kier alpha value is -2.59. The van der Waals surface area contributed by atoms with Crippen molar-refractivity contribution in [2.24, 2.45) is 11.8 Å². The van der Waals surface area contributed by atoms with E-state index in [9.17, 15) is 67.1 Å². The van der Waals surface area contributed by atoms with E-state index in [4.69, 9.17) is 20.4 Å². The highest BCUT2D eigenvalue weighted by Gasteiger charge is 2.77. The summed E-state index contributed by atoms with van der Waals surface area (Å²) in [5, 5.41) is 37.2. The standard InChI is InChI=1S/C16H17F12NO9/c17-13(18,19)11(35,14(20,21)22)9(33)37-4-6(1-29-8(32)7(2-30)3-31)5-38-10(34)12(36,15(23,24)25)16(26,27)28/h6-7,30-31,35-36H,1-5H2,(H,29,32). The maximum Gasteiger partial charge on any atom is 0.437 e. The molecule has 224 valence electrons. The van der Waals surface area contributed by atoms with Crippen molar-refractivity contribution in [2.45, 2.75) is 35.9 Å². The lowest BCUT2D eigenvalue weighted by Gasteiger charge is -2.31. The number of aliphatic hydroxyl groups is 4. The number of aliphatic hydroxyl groups excluding tert-OH is 2. The van der Waals surface area contributed by atoms with Crippen LogP contribution in [0, 0.1) is 11.8 Å². The smallest absolute Gasteiger partial charge is 0.437 e. The van der Waals surface area contributed by atoms with Crippen LogP contribution < -0.4 is 5.32 Å². The van der Waals surface area contributed by atoms with Gasteiger partial charge < -0.3 is 35.2 Å². The summed E-state index contributed by atoms with van der Waals surface area (Å²) < 4.78 is 160. The van der Waals surface area contributed by atoms with E-state index in [1.54, 1.807) is 5.32 Å². The summed E-state index contributed by atoms with van der Waals surface area (Å²) >= 11 is 0. The number of nitrogens with one attached hydrogen (secondary N) is 1. The second-order valence-corrected chi connectivity index (χ2v) is 7.28. The van der Waals surface area contributed by atoms with Crippen molar-refractivity contribution >= 4 is 17.8 Å². The molecule has 5 N–H and O–H groups in total. The van der Waals surface area contributed by atoms with Gasteiger partial charge in [-0.15, -0.1) is 0 Å². The van der Waals surface area contributed by atoms with Crippen molar-refractivity contribution in [3.05, 3.63) is 0 Å². The summed E-state index contributed by atoms with van der Waals surface area (Å²) in [6.45, 7) is -7.12. The highest BCUT2D eigenvalue weighted by Crippen LogP contribution is 2.45. The van der Waals surface area contributed by atoms with E-state index in [2.05, 4.69) is 9.47 Å². The fourth-order valence-electron chi connectivity index (χ4n) is 2.16. The summed E-state index contributed by atoms with van der Waals surface area (Å²) in [6.07, 6.45) is -27.0. The summed E-state index contributed by atoms with van der Waals surface area (Å²) in [5.74, 6) is -12.1. The molecule has 0 saturated carbocycles. The van der Waals surface area contributed by atoms with Crippen LogP contribution in [-0.2, 0) is 23.9 Å². The minimum atomic E-state index is -6.75. The Morgan fingerprint density at radius 1 is 0.632 bits per heavy atom. The Morgan fingerprint density at radius 2 is 0.921 bits per heavy atom. The number of rotatable bonds is 11. The Kier molecular flexibility index (Phi) is 11.2. The third-order valence-corrected chi connectivity index (χ3v) is 4.51. The zero-order valence-electron chi connectivity index (χ0n) is 18.1. The van der Waals surface area contributed by atoms with E-state index in [1.807, 2.05) is 0 Å². The molecule has 0 bridgehead atoms. The predicted molar refractivity (Wildman–Crippen MR) is 90.2 cm³/mol. The van der Waals surface area contributed by atoms with Crippen molar-refractivity contribution in [3.8, 4) is 0 Å². The Bertz CT molecular complexity index is 752. The molecule has 0 saturated heterocycles. The van der Waals surface area contributed by atoms with Gasteiger partial charge in [0.15, 0.2) is 0 Å². The molecule has 0 spiro atoms. The molecule has 0 aliphatic heterocycles. The van der Waals surface area contributed by atoms with Crippen LogP contribution in [-0.4, -0.2) is 107 Å².